The summed E-state index contributed by atoms with van der Waals surface area (Å²) in [5.74, 6) is 0.367. The predicted molar refractivity (Wildman–Crippen MR) is 93.4 cm³/mol. The first kappa shape index (κ1) is 17.4. The highest BCUT2D eigenvalue weighted by Crippen LogP contribution is 2.16. The molecule has 2 aromatic rings. The van der Waals surface area contributed by atoms with E-state index in [0.29, 0.717) is 21.9 Å². The fraction of sp³-hybridized carbons (Fsp3) is 0.0556. The summed E-state index contributed by atoms with van der Waals surface area (Å²) in [5, 5.41) is 11.1. The summed E-state index contributed by atoms with van der Waals surface area (Å²) in [7, 11) is 0. The summed E-state index contributed by atoms with van der Waals surface area (Å²) in [6, 6.07) is 12.6. The number of non-ortho nitro benzene ring substituents is 1. The number of ether oxygens (including phenoxy) is 1. The van der Waals surface area contributed by atoms with Crippen LogP contribution in [-0.2, 0) is 0 Å². The summed E-state index contributed by atoms with van der Waals surface area (Å²) in [4.78, 5) is 22.4. The molecule has 0 radical (unpaired) electrons. The van der Waals surface area contributed by atoms with E-state index in [1.807, 2.05) is 0 Å². The topological polar surface area (TPSA) is 69.4 Å². The van der Waals surface area contributed by atoms with Crippen LogP contribution in [-0.4, -0.2) is 17.3 Å². The molecule has 0 aliphatic carbocycles. The van der Waals surface area contributed by atoms with Crippen LogP contribution >= 0.6 is 11.6 Å². The Labute approximate surface area is 144 Å². The highest BCUT2D eigenvalue weighted by Gasteiger charge is 2.05. The maximum Gasteiger partial charge on any atom is 0.270 e. The minimum absolute atomic E-state index is 0.0213. The van der Waals surface area contributed by atoms with Crippen molar-refractivity contribution in [1.82, 2.24) is 0 Å². The number of benzene rings is 2. The monoisotopic (exact) mass is 343 g/mol. The Morgan fingerprint density at radius 1 is 1.25 bits per heavy atom. The van der Waals surface area contributed by atoms with Crippen molar-refractivity contribution in [3.8, 4) is 5.75 Å². The van der Waals surface area contributed by atoms with Crippen LogP contribution < -0.4 is 4.74 Å². The van der Waals surface area contributed by atoms with Gasteiger partial charge in [0.05, 0.1) is 4.92 Å². The average molecular weight is 344 g/mol. The molecule has 0 fully saturated rings. The van der Waals surface area contributed by atoms with E-state index in [4.69, 9.17) is 16.3 Å². The van der Waals surface area contributed by atoms with E-state index >= 15 is 0 Å². The smallest absolute Gasteiger partial charge is 0.270 e. The van der Waals surface area contributed by atoms with Crippen molar-refractivity contribution in [2.45, 2.75) is 0 Å². The van der Waals surface area contributed by atoms with Gasteiger partial charge in [-0.05, 0) is 35.9 Å². The van der Waals surface area contributed by atoms with Gasteiger partial charge in [0.15, 0.2) is 5.78 Å². The molecule has 122 valence electrons. The number of nitrogens with zero attached hydrogens (tertiary/aromatic N) is 1. The molecule has 0 saturated heterocycles. The minimum atomic E-state index is -0.479. The molecule has 0 N–H and O–H groups in total. The Morgan fingerprint density at radius 3 is 2.58 bits per heavy atom. The van der Waals surface area contributed by atoms with E-state index in [1.54, 1.807) is 36.4 Å². The van der Waals surface area contributed by atoms with Gasteiger partial charge in [-0.15, -0.1) is 0 Å². The fourth-order valence-corrected chi connectivity index (χ4v) is 1.94. The third kappa shape index (κ3) is 5.07. The van der Waals surface area contributed by atoms with Crippen molar-refractivity contribution >= 4 is 29.1 Å². The number of hydrogen-bond acceptors (Lipinski definition) is 4. The molecule has 0 bridgehead atoms. The van der Waals surface area contributed by atoms with E-state index in [-0.39, 0.29) is 18.1 Å². The second kappa shape index (κ2) is 8.08. The zero-order valence-corrected chi connectivity index (χ0v) is 13.4. The maximum atomic E-state index is 12.1. The van der Waals surface area contributed by atoms with Crippen molar-refractivity contribution in [1.29, 1.82) is 0 Å². The third-order valence-electron chi connectivity index (χ3n) is 3.04. The molecule has 2 aromatic carbocycles. The van der Waals surface area contributed by atoms with Gasteiger partial charge in [0.25, 0.3) is 5.69 Å². The van der Waals surface area contributed by atoms with E-state index in [2.05, 4.69) is 6.58 Å². The lowest BCUT2D eigenvalue weighted by Gasteiger charge is -2.04. The predicted octanol–water partition coefficient (Wildman–Crippen LogP) is 4.62. The van der Waals surface area contributed by atoms with Gasteiger partial charge < -0.3 is 4.74 Å². The van der Waals surface area contributed by atoms with Gasteiger partial charge >= 0.3 is 0 Å². The zero-order chi connectivity index (χ0) is 17.5. The highest BCUT2D eigenvalue weighted by molar-refractivity contribution is 6.29. The molecule has 0 amide bonds. The normalized spacial score (nSPS) is 10.5. The summed E-state index contributed by atoms with van der Waals surface area (Å²) in [5.41, 5.74) is 1.04. The number of rotatable bonds is 7. The second-order valence-corrected chi connectivity index (χ2v) is 5.41. The summed E-state index contributed by atoms with van der Waals surface area (Å²) < 4.78 is 5.34. The van der Waals surface area contributed by atoms with Gasteiger partial charge in [-0.2, -0.15) is 0 Å². The molecule has 0 aromatic heterocycles. The zero-order valence-electron chi connectivity index (χ0n) is 12.6. The van der Waals surface area contributed by atoms with Crippen molar-refractivity contribution in [3.63, 3.8) is 0 Å². The summed E-state index contributed by atoms with van der Waals surface area (Å²) in [6.45, 7) is 3.72. The number of hydrogen-bond donors (Lipinski definition) is 0. The molecule has 0 aliphatic heterocycles. The number of nitro benzene ring substituents is 1. The lowest BCUT2D eigenvalue weighted by molar-refractivity contribution is -0.384. The molecule has 0 atom stereocenters. The molecular weight excluding hydrogens is 330 g/mol. The Bertz CT molecular complexity index is 797. The first-order chi connectivity index (χ1) is 11.5. The number of halogens is 1. The third-order valence-corrected chi connectivity index (χ3v) is 3.15. The first-order valence-corrected chi connectivity index (χ1v) is 7.36. The maximum absolute atomic E-state index is 12.1. The number of ketones is 1. The van der Waals surface area contributed by atoms with Crippen LogP contribution in [0.4, 0.5) is 5.69 Å². The second-order valence-electron chi connectivity index (χ2n) is 4.88. The Morgan fingerprint density at radius 2 is 1.96 bits per heavy atom. The molecule has 0 heterocycles. The van der Waals surface area contributed by atoms with Crippen molar-refractivity contribution in [3.05, 3.63) is 87.5 Å². The van der Waals surface area contributed by atoms with Gasteiger partial charge in [0, 0.05) is 22.7 Å². The van der Waals surface area contributed by atoms with Crippen LogP contribution in [0.15, 0.2) is 66.2 Å². The van der Waals surface area contributed by atoms with Crippen molar-refractivity contribution in [2.75, 3.05) is 6.61 Å². The van der Waals surface area contributed by atoms with Crippen molar-refractivity contribution < 1.29 is 14.5 Å². The number of allylic oxidation sites excluding steroid dienone is 1. The number of carbonyl (C=O) groups excluding carboxylic acids is 1. The summed E-state index contributed by atoms with van der Waals surface area (Å²) in [6.07, 6.45) is 2.91. The van der Waals surface area contributed by atoms with Crippen LogP contribution in [0.5, 0.6) is 5.75 Å². The average Bonchev–Trinajstić information content (AvgIpc) is 2.58. The molecule has 5 nitrogen and oxygen atoms in total. The van der Waals surface area contributed by atoms with Crippen molar-refractivity contribution in [2.24, 2.45) is 0 Å². The van der Waals surface area contributed by atoms with E-state index in [0.717, 1.165) is 0 Å². The minimum Gasteiger partial charge on any atom is -0.488 e. The van der Waals surface area contributed by atoms with Gasteiger partial charge in [-0.3, -0.25) is 14.9 Å². The van der Waals surface area contributed by atoms with Gasteiger partial charge in [-0.25, -0.2) is 0 Å². The lowest BCUT2D eigenvalue weighted by atomic mass is 10.1. The first-order valence-electron chi connectivity index (χ1n) is 6.99. The highest BCUT2D eigenvalue weighted by atomic mass is 35.5. The van der Waals surface area contributed by atoms with Crippen LogP contribution in [0.1, 0.15) is 15.9 Å². The molecule has 24 heavy (non-hydrogen) atoms. The van der Waals surface area contributed by atoms with Crippen LogP contribution in [0.25, 0.3) is 6.08 Å². The molecular formula is C18H14ClNO4. The molecule has 0 saturated carbocycles. The lowest BCUT2D eigenvalue weighted by Crippen LogP contribution is -1.98. The van der Waals surface area contributed by atoms with E-state index < -0.39 is 4.92 Å². The fourth-order valence-electron chi connectivity index (χ4n) is 1.89. The van der Waals surface area contributed by atoms with E-state index in [1.165, 1.54) is 24.3 Å². The SMILES string of the molecule is C=C(Cl)COc1ccc(C(=O)/C=C/c2cccc([N+](=O)[O-])c2)cc1. The van der Waals surface area contributed by atoms with Gasteiger partial charge in [0.2, 0.25) is 0 Å². The molecule has 0 spiro atoms. The molecule has 0 unspecified atom stereocenters. The Balaban J connectivity index is 2.05. The van der Waals surface area contributed by atoms with Crippen LogP contribution in [0.3, 0.4) is 0 Å². The largest absolute Gasteiger partial charge is 0.488 e. The van der Waals surface area contributed by atoms with Crippen LogP contribution in [0.2, 0.25) is 0 Å². The standard InChI is InChI=1S/C18H14ClNO4/c1-13(19)12-24-17-8-6-15(7-9-17)18(21)10-5-14-3-2-4-16(11-14)20(22)23/h2-11H,1,12H2/b10-5+. The molecule has 6 heteroatoms. The van der Waals surface area contributed by atoms with Gasteiger partial charge in [0.1, 0.15) is 12.4 Å². The molecule has 2 rings (SSSR count). The Hall–Kier alpha value is -2.92. The van der Waals surface area contributed by atoms with E-state index in [9.17, 15) is 14.9 Å². The quantitative estimate of drug-likeness (QED) is 0.318. The molecule has 0 aliphatic rings. The van der Waals surface area contributed by atoms with Crippen LogP contribution in [0, 0.1) is 10.1 Å². The van der Waals surface area contributed by atoms with Gasteiger partial charge in [-0.1, -0.05) is 36.4 Å². The number of nitro groups is 1. The Kier molecular flexibility index (Phi) is 5.87. The summed E-state index contributed by atoms with van der Waals surface area (Å²) >= 11 is 5.61. The number of carbonyl (C=O) groups is 1.